The number of hydrogen-bond acceptors (Lipinski definition) is 5. The Bertz CT molecular complexity index is 544. The first-order valence-electron chi connectivity index (χ1n) is 5.30. The smallest absolute Gasteiger partial charge is 0.328 e. The number of benzene rings is 1. The highest BCUT2D eigenvalue weighted by molar-refractivity contribution is 5.85. The number of carboxylic acid groups (broad SMARTS) is 1. The number of carbonyl (C=O) groups excluding carboxylic acids is 2. The SMILES string of the molecule is CC(=O)Oc1ccc(C=CC(=O)O)cc1OC(C)=O. The second kappa shape index (κ2) is 6.34. The fourth-order valence-electron chi connectivity index (χ4n) is 1.27. The third-order valence-corrected chi connectivity index (χ3v) is 1.89. The molecule has 6 heteroatoms. The van der Waals surface area contributed by atoms with Gasteiger partial charge in [-0.15, -0.1) is 0 Å². The van der Waals surface area contributed by atoms with Crippen LogP contribution in [0.4, 0.5) is 0 Å². The van der Waals surface area contributed by atoms with E-state index in [2.05, 4.69) is 0 Å². The minimum Gasteiger partial charge on any atom is -0.478 e. The number of ether oxygens (including phenoxy) is 2. The number of rotatable bonds is 4. The van der Waals surface area contributed by atoms with Crippen molar-refractivity contribution in [3.05, 3.63) is 29.8 Å². The van der Waals surface area contributed by atoms with Crippen molar-refractivity contribution in [3.63, 3.8) is 0 Å². The van der Waals surface area contributed by atoms with E-state index >= 15 is 0 Å². The van der Waals surface area contributed by atoms with Gasteiger partial charge < -0.3 is 14.6 Å². The molecule has 0 radical (unpaired) electrons. The first kappa shape index (κ1) is 14.4. The van der Waals surface area contributed by atoms with E-state index in [1.807, 2.05) is 0 Å². The second-order valence-corrected chi connectivity index (χ2v) is 3.57. The summed E-state index contributed by atoms with van der Waals surface area (Å²) < 4.78 is 9.77. The highest BCUT2D eigenvalue weighted by atomic mass is 16.6. The van der Waals surface area contributed by atoms with Crippen molar-refractivity contribution in [3.8, 4) is 11.5 Å². The highest BCUT2D eigenvalue weighted by Gasteiger charge is 2.10. The lowest BCUT2D eigenvalue weighted by Gasteiger charge is -2.09. The largest absolute Gasteiger partial charge is 0.478 e. The third-order valence-electron chi connectivity index (χ3n) is 1.89. The zero-order valence-corrected chi connectivity index (χ0v) is 10.4. The van der Waals surface area contributed by atoms with Gasteiger partial charge in [0.15, 0.2) is 11.5 Å². The Hall–Kier alpha value is -2.63. The minimum absolute atomic E-state index is 0.0511. The summed E-state index contributed by atoms with van der Waals surface area (Å²) in [5, 5.41) is 8.52. The predicted molar refractivity (Wildman–Crippen MR) is 65.7 cm³/mol. The first-order chi connectivity index (χ1) is 8.88. The molecule has 100 valence electrons. The van der Waals surface area contributed by atoms with E-state index in [1.54, 1.807) is 0 Å². The maximum atomic E-state index is 11.0. The summed E-state index contributed by atoms with van der Waals surface area (Å²) in [5.74, 6) is -2.08. The zero-order valence-electron chi connectivity index (χ0n) is 10.4. The van der Waals surface area contributed by atoms with Crippen LogP contribution in [0.15, 0.2) is 24.3 Å². The van der Waals surface area contributed by atoms with Crippen molar-refractivity contribution in [2.45, 2.75) is 13.8 Å². The summed E-state index contributed by atoms with van der Waals surface area (Å²) in [5.41, 5.74) is 0.495. The summed E-state index contributed by atoms with van der Waals surface area (Å²) in [6.45, 7) is 2.42. The summed E-state index contributed by atoms with van der Waals surface area (Å²) in [7, 11) is 0. The number of carboxylic acids is 1. The topological polar surface area (TPSA) is 89.9 Å². The van der Waals surface area contributed by atoms with Crippen molar-refractivity contribution < 1.29 is 29.0 Å². The summed E-state index contributed by atoms with van der Waals surface area (Å²) >= 11 is 0. The second-order valence-electron chi connectivity index (χ2n) is 3.57. The zero-order chi connectivity index (χ0) is 14.4. The summed E-state index contributed by atoms with van der Waals surface area (Å²) in [6.07, 6.45) is 2.27. The van der Waals surface area contributed by atoms with Crippen LogP contribution in [-0.2, 0) is 14.4 Å². The van der Waals surface area contributed by atoms with Crippen LogP contribution < -0.4 is 9.47 Å². The summed E-state index contributed by atoms with van der Waals surface area (Å²) in [4.78, 5) is 32.3. The number of hydrogen-bond donors (Lipinski definition) is 1. The van der Waals surface area contributed by atoms with E-state index < -0.39 is 17.9 Å². The Morgan fingerprint density at radius 3 is 2.16 bits per heavy atom. The van der Waals surface area contributed by atoms with Crippen LogP contribution in [-0.4, -0.2) is 23.0 Å². The molecule has 0 aliphatic carbocycles. The predicted octanol–water partition coefficient (Wildman–Crippen LogP) is 1.64. The molecule has 1 aromatic rings. The van der Waals surface area contributed by atoms with Gasteiger partial charge >= 0.3 is 17.9 Å². The molecule has 1 aromatic carbocycles. The molecule has 0 unspecified atom stereocenters. The summed E-state index contributed by atoms with van der Waals surface area (Å²) in [6, 6.07) is 4.35. The molecule has 0 heterocycles. The van der Waals surface area contributed by atoms with Crippen molar-refractivity contribution in [2.75, 3.05) is 0 Å². The molecule has 1 rings (SSSR count). The van der Waals surface area contributed by atoms with Crippen molar-refractivity contribution >= 4 is 24.0 Å². The van der Waals surface area contributed by atoms with Gasteiger partial charge in [0.05, 0.1) is 0 Å². The van der Waals surface area contributed by atoms with E-state index in [0.717, 1.165) is 6.08 Å². The monoisotopic (exact) mass is 264 g/mol. The standard InChI is InChI=1S/C13H12O6/c1-8(14)18-11-5-3-10(4-6-13(16)17)7-12(11)19-9(2)15/h3-7H,1-2H3,(H,16,17). The van der Waals surface area contributed by atoms with Crippen molar-refractivity contribution in [1.29, 1.82) is 0 Å². The van der Waals surface area contributed by atoms with Crippen LogP contribution in [0.5, 0.6) is 11.5 Å². The van der Waals surface area contributed by atoms with E-state index in [-0.39, 0.29) is 11.5 Å². The minimum atomic E-state index is -1.10. The lowest BCUT2D eigenvalue weighted by atomic mass is 10.2. The van der Waals surface area contributed by atoms with E-state index in [9.17, 15) is 14.4 Å². The van der Waals surface area contributed by atoms with Crippen LogP contribution in [0.3, 0.4) is 0 Å². The number of carbonyl (C=O) groups is 3. The number of esters is 2. The lowest BCUT2D eigenvalue weighted by Crippen LogP contribution is -2.07. The van der Waals surface area contributed by atoms with Crippen LogP contribution in [0.25, 0.3) is 6.08 Å². The Morgan fingerprint density at radius 2 is 1.63 bits per heavy atom. The average molecular weight is 264 g/mol. The third kappa shape index (κ3) is 5.03. The fourth-order valence-corrected chi connectivity index (χ4v) is 1.27. The van der Waals surface area contributed by atoms with Gasteiger partial charge in [0.25, 0.3) is 0 Å². The van der Waals surface area contributed by atoms with Crippen LogP contribution in [0.2, 0.25) is 0 Å². The molecule has 0 aromatic heterocycles. The molecular weight excluding hydrogens is 252 g/mol. The molecule has 0 aliphatic heterocycles. The van der Waals surface area contributed by atoms with Gasteiger partial charge in [0.2, 0.25) is 0 Å². The van der Waals surface area contributed by atoms with E-state index in [0.29, 0.717) is 5.56 Å². The Kier molecular flexibility index (Phi) is 4.82. The van der Waals surface area contributed by atoms with Crippen LogP contribution in [0.1, 0.15) is 19.4 Å². The van der Waals surface area contributed by atoms with Gasteiger partial charge in [-0.25, -0.2) is 4.79 Å². The molecule has 19 heavy (non-hydrogen) atoms. The molecule has 1 N–H and O–H groups in total. The van der Waals surface area contributed by atoms with Gasteiger partial charge in [0.1, 0.15) is 0 Å². The quantitative estimate of drug-likeness (QED) is 0.505. The van der Waals surface area contributed by atoms with Gasteiger partial charge in [-0.05, 0) is 23.8 Å². The molecule has 0 saturated carbocycles. The van der Waals surface area contributed by atoms with E-state index in [1.165, 1.54) is 38.1 Å². The van der Waals surface area contributed by atoms with Gasteiger partial charge in [-0.3, -0.25) is 9.59 Å². The molecule has 0 aliphatic rings. The molecular formula is C13H12O6. The average Bonchev–Trinajstić information content (AvgIpc) is 2.28. The van der Waals surface area contributed by atoms with Crippen LogP contribution >= 0.6 is 0 Å². The number of aliphatic carboxylic acids is 1. The highest BCUT2D eigenvalue weighted by Crippen LogP contribution is 2.29. The Labute approximate surface area is 109 Å². The van der Waals surface area contributed by atoms with Crippen molar-refractivity contribution in [1.82, 2.24) is 0 Å². The molecule has 6 nitrogen and oxygen atoms in total. The normalized spacial score (nSPS) is 10.2. The molecule has 0 amide bonds. The van der Waals surface area contributed by atoms with Gasteiger partial charge in [-0.2, -0.15) is 0 Å². The molecule has 0 fully saturated rings. The van der Waals surface area contributed by atoms with Crippen molar-refractivity contribution in [2.24, 2.45) is 0 Å². The molecule has 0 atom stereocenters. The fraction of sp³-hybridized carbons (Fsp3) is 0.154. The van der Waals surface area contributed by atoms with Crippen LogP contribution in [0, 0.1) is 0 Å². The molecule has 0 saturated heterocycles. The Balaban J connectivity index is 3.10. The lowest BCUT2D eigenvalue weighted by molar-refractivity contribution is -0.134. The maximum absolute atomic E-state index is 11.0. The maximum Gasteiger partial charge on any atom is 0.328 e. The molecule has 0 spiro atoms. The van der Waals surface area contributed by atoms with Gasteiger partial charge in [0, 0.05) is 19.9 Å². The Morgan fingerprint density at radius 1 is 1.05 bits per heavy atom. The van der Waals surface area contributed by atoms with Gasteiger partial charge in [-0.1, -0.05) is 6.07 Å². The molecule has 0 bridgehead atoms. The van der Waals surface area contributed by atoms with E-state index in [4.69, 9.17) is 14.6 Å². The first-order valence-corrected chi connectivity index (χ1v) is 5.30.